The van der Waals surface area contributed by atoms with Crippen molar-refractivity contribution in [3.05, 3.63) is 76.4 Å². The van der Waals surface area contributed by atoms with Gasteiger partial charge in [-0.1, -0.05) is 23.7 Å². The molecule has 4 rings (SSSR count). The molecule has 2 heterocycles. The van der Waals surface area contributed by atoms with E-state index >= 15 is 0 Å². The molecule has 0 bridgehead atoms. The number of aromatic nitrogens is 2. The average Bonchev–Trinajstić information content (AvgIpc) is 3.13. The molecule has 1 fully saturated rings. The van der Waals surface area contributed by atoms with Gasteiger partial charge in [-0.2, -0.15) is 5.10 Å². The summed E-state index contributed by atoms with van der Waals surface area (Å²) in [5, 5.41) is 15.0. The summed E-state index contributed by atoms with van der Waals surface area (Å²) >= 11 is 6.08. The van der Waals surface area contributed by atoms with E-state index in [0.717, 1.165) is 43.2 Å². The second-order valence-corrected chi connectivity index (χ2v) is 7.60. The van der Waals surface area contributed by atoms with Gasteiger partial charge in [-0.15, -0.1) is 0 Å². The van der Waals surface area contributed by atoms with E-state index < -0.39 is 0 Å². The van der Waals surface area contributed by atoms with Crippen LogP contribution in [0.15, 0.2) is 54.6 Å². The van der Waals surface area contributed by atoms with Crippen molar-refractivity contribution in [3.8, 4) is 0 Å². The lowest BCUT2D eigenvalue weighted by Gasteiger charge is -2.28. The van der Waals surface area contributed by atoms with E-state index in [2.05, 4.69) is 15.3 Å². The van der Waals surface area contributed by atoms with E-state index in [0.29, 0.717) is 22.9 Å². The first-order valence-electron chi connectivity index (χ1n) is 10.1. The third-order valence-electron chi connectivity index (χ3n) is 4.87. The van der Waals surface area contributed by atoms with Crippen LogP contribution in [0.1, 0.15) is 21.6 Å². The number of morpholine rings is 1. The number of nitrogens with one attached hydrogen (secondary N) is 1. The van der Waals surface area contributed by atoms with E-state index in [1.165, 1.54) is 0 Å². The number of carbonyl (C=O) groups is 2. The summed E-state index contributed by atoms with van der Waals surface area (Å²) in [5.41, 5.74) is 3.57. The third kappa shape index (κ3) is 6.32. The Labute approximate surface area is 191 Å². The normalized spacial score (nSPS) is 13.1. The molecule has 1 amide bonds. The van der Waals surface area contributed by atoms with Gasteiger partial charge in [0.05, 0.1) is 25.5 Å². The Kier molecular flexibility index (Phi) is 8.24. The van der Waals surface area contributed by atoms with Crippen LogP contribution in [0.5, 0.6) is 0 Å². The number of hydrogen-bond acceptors (Lipinski definition) is 5. The summed E-state index contributed by atoms with van der Waals surface area (Å²) in [6.07, 6.45) is 0. The SMILES string of the molecule is Cc1cc(NC(=O)c2ccc(N3CCOCC3)cc2)n(Cc2cccc(Cl)c2)n1.O=CO. The fraction of sp³-hybridized carbons (Fsp3) is 0.261. The van der Waals surface area contributed by atoms with Crippen molar-refractivity contribution in [3.63, 3.8) is 0 Å². The number of anilines is 2. The molecule has 0 unspecified atom stereocenters. The number of aryl methyl sites for hydroxylation is 1. The second kappa shape index (κ2) is 11.3. The fourth-order valence-corrected chi connectivity index (χ4v) is 3.62. The molecule has 0 aliphatic carbocycles. The molecule has 1 saturated heterocycles. The van der Waals surface area contributed by atoms with Crippen molar-refractivity contribution in [2.75, 3.05) is 36.5 Å². The van der Waals surface area contributed by atoms with Gasteiger partial charge in [-0.25, -0.2) is 4.68 Å². The number of carboxylic acid groups (broad SMARTS) is 1. The van der Waals surface area contributed by atoms with E-state index in [4.69, 9.17) is 26.2 Å². The van der Waals surface area contributed by atoms with Crippen molar-refractivity contribution in [2.24, 2.45) is 0 Å². The van der Waals surface area contributed by atoms with Crippen LogP contribution in [0, 0.1) is 6.92 Å². The predicted molar refractivity (Wildman–Crippen MR) is 124 cm³/mol. The Balaban J connectivity index is 0.000000913. The van der Waals surface area contributed by atoms with Gasteiger partial charge in [-0.3, -0.25) is 9.59 Å². The number of nitrogens with zero attached hydrogens (tertiary/aromatic N) is 3. The summed E-state index contributed by atoms with van der Waals surface area (Å²) < 4.78 is 7.17. The first-order chi connectivity index (χ1) is 15.5. The van der Waals surface area contributed by atoms with Crippen molar-refractivity contribution >= 4 is 35.5 Å². The molecule has 0 saturated carbocycles. The van der Waals surface area contributed by atoms with E-state index in [-0.39, 0.29) is 12.4 Å². The van der Waals surface area contributed by atoms with Crippen LogP contribution in [0.4, 0.5) is 11.5 Å². The number of carbonyl (C=O) groups excluding carboxylic acids is 1. The minimum Gasteiger partial charge on any atom is -0.483 e. The summed E-state index contributed by atoms with van der Waals surface area (Å²) in [7, 11) is 0. The molecule has 2 aromatic carbocycles. The Bertz CT molecular complexity index is 1050. The average molecular weight is 457 g/mol. The summed E-state index contributed by atoms with van der Waals surface area (Å²) in [4.78, 5) is 23.4. The summed E-state index contributed by atoms with van der Waals surface area (Å²) in [6.45, 7) is 5.39. The fourth-order valence-electron chi connectivity index (χ4n) is 3.41. The van der Waals surface area contributed by atoms with Gasteiger partial charge in [0.15, 0.2) is 0 Å². The molecule has 0 spiro atoms. The molecule has 2 N–H and O–H groups in total. The van der Waals surface area contributed by atoms with E-state index in [9.17, 15) is 4.79 Å². The smallest absolute Gasteiger partial charge is 0.290 e. The van der Waals surface area contributed by atoms with Gasteiger partial charge in [0, 0.05) is 35.4 Å². The van der Waals surface area contributed by atoms with Gasteiger partial charge in [0.1, 0.15) is 5.82 Å². The topological polar surface area (TPSA) is 96.7 Å². The summed E-state index contributed by atoms with van der Waals surface area (Å²) in [5.74, 6) is 0.496. The van der Waals surface area contributed by atoms with Crippen molar-refractivity contribution in [1.29, 1.82) is 0 Å². The zero-order valence-electron chi connectivity index (χ0n) is 17.7. The first kappa shape index (κ1) is 23.3. The van der Waals surface area contributed by atoms with E-state index in [1.54, 1.807) is 4.68 Å². The molecule has 1 aliphatic rings. The molecule has 3 aromatic rings. The molecule has 0 atom stereocenters. The van der Waals surface area contributed by atoms with Gasteiger partial charge in [0.25, 0.3) is 12.4 Å². The minimum atomic E-state index is -0.250. The standard InChI is InChI=1S/C22H23ClN4O2.CH2O2/c1-16-13-21(27(25-16)15-17-3-2-4-19(23)14-17)24-22(28)18-5-7-20(8-6-18)26-9-11-29-12-10-26;2-1-3/h2-8,13-14H,9-12,15H2,1H3,(H,24,28);1H,(H,2,3). The Morgan fingerprint density at radius 2 is 1.88 bits per heavy atom. The second-order valence-electron chi connectivity index (χ2n) is 7.16. The Hall–Kier alpha value is -3.36. The number of benzene rings is 2. The van der Waals surface area contributed by atoms with Crippen LogP contribution < -0.4 is 10.2 Å². The first-order valence-corrected chi connectivity index (χ1v) is 10.5. The number of hydrogen-bond donors (Lipinski definition) is 2. The van der Waals surface area contributed by atoms with Crippen LogP contribution in [-0.4, -0.2) is 53.6 Å². The van der Waals surface area contributed by atoms with Crippen molar-refractivity contribution in [2.45, 2.75) is 13.5 Å². The van der Waals surface area contributed by atoms with Gasteiger partial charge < -0.3 is 20.1 Å². The summed E-state index contributed by atoms with van der Waals surface area (Å²) in [6, 6.07) is 17.2. The lowest BCUT2D eigenvalue weighted by Crippen LogP contribution is -2.36. The number of rotatable bonds is 5. The highest BCUT2D eigenvalue weighted by molar-refractivity contribution is 6.30. The highest BCUT2D eigenvalue weighted by atomic mass is 35.5. The third-order valence-corrected chi connectivity index (χ3v) is 5.11. The maximum absolute atomic E-state index is 12.8. The van der Waals surface area contributed by atoms with Crippen molar-refractivity contribution < 1.29 is 19.4 Å². The molecule has 1 aromatic heterocycles. The molecule has 8 nitrogen and oxygen atoms in total. The van der Waals surface area contributed by atoms with Crippen molar-refractivity contribution in [1.82, 2.24) is 9.78 Å². The number of ether oxygens (including phenoxy) is 1. The van der Waals surface area contributed by atoms with Gasteiger partial charge in [-0.05, 0) is 48.9 Å². The number of amides is 1. The quantitative estimate of drug-likeness (QED) is 0.568. The molecular weight excluding hydrogens is 432 g/mol. The molecule has 32 heavy (non-hydrogen) atoms. The largest absolute Gasteiger partial charge is 0.483 e. The van der Waals surface area contributed by atoms with Crippen LogP contribution in [-0.2, 0) is 16.1 Å². The molecular formula is C23H25ClN4O4. The molecule has 0 radical (unpaired) electrons. The zero-order valence-corrected chi connectivity index (χ0v) is 18.5. The maximum Gasteiger partial charge on any atom is 0.290 e. The highest BCUT2D eigenvalue weighted by Crippen LogP contribution is 2.19. The zero-order chi connectivity index (χ0) is 22.9. The van der Waals surface area contributed by atoms with Crippen LogP contribution >= 0.6 is 11.6 Å². The Morgan fingerprint density at radius 3 is 2.53 bits per heavy atom. The maximum atomic E-state index is 12.8. The minimum absolute atomic E-state index is 0.161. The lowest BCUT2D eigenvalue weighted by atomic mass is 10.1. The van der Waals surface area contributed by atoms with Crippen LogP contribution in [0.3, 0.4) is 0 Å². The van der Waals surface area contributed by atoms with Gasteiger partial charge >= 0.3 is 0 Å². The molecule has 1 aliphatic heterocycles. The van der Waals surface area contributed by atoms with Gasteiger partial charge in [0.2, 0.25) is 0 Å². The predicted octanol–water partition coefficient (Wildman–Crippen LogP) is 3.68. The van der Waals surface area contributed by atoms with Crippen LogP contribution in [0.25, 0.3) is 0 Å². The number of halogens is 1. The molecule has 168 valence electrons. The van der Waals surface area contributed by atoms with Crippen LogP contribution in [0.2, 0.25) is 5.02 Å². The highest BCUT2D eigenvalue weighted by Gasteiger charge is 2.14. The Morgan fingerprint density at radius 1 is 1.19 bits per heavy atom. The monoisotopic (exact) mass is 456 g/mol. The van der Waals surface area contributed by atoms with E-state index in [1.807, 2.05) is 61.5 Å². The lowest BCUT2D eigenvalue weighted by molar-refractivity contribution is -0.122. The molecule has 9 heteroatoms.